The Kier molecular flexibility index (Phi) is 2.29. The van der Waals surface area contributed by atoms with Crippen molar-refractivity contribution < 1.29 is 4.74 Å². The van der Waals surface area contributed by atoms with Crippen LogP contribution < -0.4 is 5.73 Å². The Morgan fingerprint density at radius 3 is 3.12 bits per heavy atom. The van der Waals surface area contributed by atoms with Crippen molar-refractivity contribution >= 4 is 16.6 Å². The molecule has 1 fully saturated rings. The van der Waals surface area contributed by atoms with Crippen LogP contribution in [0.5, 0.6) is 0 Å². The zero-order valence-electron chi connectivity index (χ0n) is 9.10. The molecule has 1 aromatic heterocycles. The molecule has 1 aliphatic rings. The first-order chi connectivity index (χ1) is 7.86. The van der Waals surface area contributed by atoms with Gasteiger partial charge in [-0.1, -0.05) is 12.1 Å². The number of nitrogens with zero attached hydrogens (tertiary/aromatic N) is 2. The van der Waals surface area contributed by atoms with E-state index in [2.05, 4.69) is 5.10 Å². The van der Waals surface area contributed by atoms with E-state index in [4.69, 9.17) is 10.5 Å². The summed E-state index contributed by atoms with van der Waals surface area (Å²) in [6.07, 6.45) is 5.26. The summed E-state index contributed by atoms with van der Waals surface area (Å²) in [4.78, 5) is 0. The van der Waals surface area contributed by atoms with E-state index in [1.54, 1.807) is 0 Å². The predicted molar refractivity (Wildman–Crippen MR) is 63.0 cm³/mol. The number of ether oxygens (including phenoxy) is 1. The minimum absolute atomic E-state index is 0.0518. The Morgan fingerprint density at radius 1 is 1.38 bits per heavy atom. The third kappa shape index (κ3) is 1.46. The number of fused-ring (bicyclic) bond motifs is 1. The highest BCUT2D eigenvalue weighted by Crippen LogP contribution is 2.28. The van der Waals surface area contributed by atoms with Crippen molar-refractivity contribution in [1.29, 1.82) is 0 Å². The molecule has 2 aromatic rings. The fourth-order valence-corrected chi connectivity index (χ4v) is 2.27. The Morgan fingerprint density at radius 2 is 2.31 bits per heavy atom. The van der Waals surface area contributed by atoms with E-state index >= 15 is 0 Å². The number of hydrogen-bond donors (Lipinski definition) is 1. The van der Waals surface area contributed by atoms with E-state index in [1.807, 2.05) is 29.1 Å². The highest BCUT2D eigenvalue weighted by atomic mass is 16.5. The Hall–Kier alpha value is -1.55. The van der Waals surface area contributed by atoms with Gasteiger partial charge < -0.3 is 10.5 Å². The molecule has 84 valence electrons. The Balaban J connectivity index is 2.09. The second kappa shape index (κ2) is 3.79. The van der Waals surface area contributed by atoms with Crippen molar-refractivity contribution in [3.63, 3.8) is 0 Å². The third-order valence-electron chi connectivity index (χ3n) is 3.08. The molecule has 2 N–H and O–H groups in total. The average Bonchev–Trinajstić information content (AvgIpc) is 2.75. The van der Waals surface area contributed by atoms with Crippen LogP contribution in [0, 0.1) is 0 Å². The van der Waals surface area contributed by atoms with Gasteiger partial charge in [-0.2, -0.15) is 5.10 Å². The molecule has 1 saturated heterocycles. The second-order valence-electron chi connectivity index (χ2n) is 4.20. The molecule has 0 unspecified atom stereocenters. The second-order valence-corrected chi connectivity index (χ2v) is 4.20. The molecular weight excluding hydrogens is 202 g/mol. The first kappa shape index (κ1) is 9.66. The van der Waals surface area contributed by atoms with Crippen molar-refractivity contribution in [3.8, 4) is 0 Å². The lowest BCUT2D eigenvalue weighted by Gasteiger charge is -2.23. The van der Waals surface area contributed by atoms with Gasteiger partial charge in [0.1, 0.15) is 0 Å². The lowest BCUT2D eigenvalue weighted by molar-refractivity contribution is -0.0366. The van der Waals surface area contributed by atoms with Gasteiger partial charge in [0.25, 0.3) is 0 Å². The topological polar surface area (TPSA) is 53.1 Å². The zero-order chi connectivity index (χ0) is 11.0. The van der Waals surface area contributed by atoms with Crippen LogP contribution in [-0.2, 0) is 4.74 Å². The van der Waals surface area contributed by atoms with Crippen LogP contribution >= 0.6 is 0 Å². The number of anilines is 1. The number of nitrogen functional groups attached to an aromatic ring is 1. The quantitative estimate of drug-likeness (QED) is 0.746. The first-order valence-electron chi connectivity index (χ1n) is 5.69. The molecule has 4 nitrogen and oxygen atoms in total. The van der Waals surface area contributed by atoms with Crippen LogP contribution in [0.25, 0.3) is 10.9 Å². The largest absolute Gasteiger partial charge is 0.397 e. The summed E-state index contributed by atoms with van der Waals surface area (Å²) < 4.78 is 7.65. The van der Waals surface area contributed by atoms with Crippen LogP contribution in [0.4, 0.5) is 5.69 Å². The molecule has 0 bridgehead atoms. The third-order valence-corrected chi connectivity index (χ3v) is 3.08. The Bertz CT molecular complexity index is 500. The van der Waals surface area contributed by atoms with Gasteiger partial charge in [-0.05, 0) is 25.3 Å². The van der Waals surface area contributed by atoms with Gasteiger partial charge >= 0.3 is 0 Å². The maximum Gasteiger partial charge on any atom is 0.150 e. The fraction of sp³-hybridized carbons (Fsp3) is 0.417. The molecule has 0 saturated carbocycles. The van der Waals surface area contributed by atoms with E-state index in [0.29, 0.717) is 0 Å². The first-order valence-corrected chi connectivity index (χ1v) is 5.69. The minimum Gasteiger partial charge on any atom is -0.397 e. The van der Waals surface area contributed by atoms with E-state index in [-0.39, 0.29) is 6.23 Å². The maximum atomic E-state index is 5.99. The van der Waals surface area contributed by atoms with Crippen molar-refractivity contribution in [2.24, 2.45) is 0 Å². The monoisotopic (exact) mass is 217 g/mol. The van der Waals surface area contributed by atoms with Gasteiger partial charge in [0, 0.05) is 12.0 Å². The van der Waals surface area contributed by atoms with Gasteiger partial charge in [0.05, 0.1) is 17.4 Å². The molecule has 0 spiro atoms. The molecule has 3 rings (SSSR count). The number of benzene rings is 1. The number of aromatic nitrogens is 2. The van der Waals surface area contributed by atoms with Gasteiger partial charge in [-0.15, -0.1) is 0 Å². The zero-order valence-corrected chi connectivity index (χ0v) is 9.10. The number of nitrogens with two attached hydrogens (primary N) is 1. The van der Waals surface area contributed by atoms with Crippen molar-refractivity contribution in [2.75, 3.05) is 12.3 Å². The SMILES string of the molecule is Nc1cccc2cnn([C@@H]3CCCCO3)c12. The molecule has 1 aliphatic heterocycles. The predicted octanol–water partition coefficient (Wildman–Crippen LogP) is 2.32. The molecular formula is C12H15N3O. The van der Waals surface area contributed by atoms with Crippen molar-refractivity contribution in [2.45, 2.75) is 25.5 Å². The summed E-state index contributed by atoms with van der Waals surface area (Å²) >= 11 is 0. The average molecular weight is 217 g/mol. The lowest BCUT2D eigenvalue weighted by atomic mass is 10.2. The van der Waals surface area contributed by atoms with Crippen LogP contribution in [-0.4, -0.2) is 16.4 Å². The molecule has 0 radical (unpaired) electrons. The summed E-state index contributed by atoms with van der Waals surface area (Å²) in [6.45, 7) is 0.818. The standard InChI is InChI=1S/C12H15N3O/c13-10-5-3-4-9-8-14-15(12(9)10)11-6-1-2-7-16-11/h3-5,8,11H,1-2,6-7,13H2/t11-/m0/s1. The van der Waals surface area contributed by atoms with Crippen molar-refractivity contribution in [1.82, 2.24) is 9.78 Å². The molecule has 1 atom stereocenters. The highest BCUT2D eigenvalue weighted by Gasteiger charge is 2.19. The summed E-state index contributed by atoms with van der Waals surface area (Å²) in [7, 11) is 0. The summed E-state index contributed by atoms with van der Waals surface area (Å²) in [5.74, 6) is 0. The van der Waals surface area contributed by atoms with Crippen LogP contribution in [0.3, 0.4) is 0 Å². The number of rotatable bonds is 1. The van der Waals surface area contributed by atoms with Gasteiger partial charge in [-0.3, -0.25) is 0 Å². The van der Waals surface area contributed by atoms with Crippen LogP contribution in [0.15, 0.2) is 24.4 Å². The van der Waals surface area contributed by atoms with E-state index in [9.17, 15) is 0 Å². The maximum absolute atomic E-state index is 5.99. The molecule has 16 heavy (non-hydrogen) atoms. The summed E-state index contributed by atoms with van der Waals surface area (Å²) in [5, 5.41) is 5.47. The van der Waals surface area contributed by atoms with Crippen molar-refractivity contribution in [3.05, 3.63) is 24.4 Å². The fourth-order valence-electron chi connectivity index (χ4n) is 2.27. The molecule has 4 heteroatoms. The lowest BCUT2D eigenvalue weighted by Crippen LogP contribution is -2.19. The van der Waals surface area contributed by atoms with E-state index in [0.717, 1.165) is 36.0 Å². The van der Waals surface area contributed by atoms with E-state index < -0.39 is 0 Å². The van der Waals surface area contributed by atoms with Gasteiger partial charge in [0.15, 0.2) is 6.23 Å². The highest BCUT2D eigenvalue weighted by molar-refractivity contribution is 5.89. The number of hydrogen-bond acceptors (Lipinski definition) is 3. The summed E-state index contributed by atoms with van der Waals surface area (Å²) in [5.41, 5.74) is 7.75. The van der Waals surface area contributed by atoms with E-state index in [1.165, 1.54) is 6.42 Å². The van der Waals surface area contributed by atoms with Gasteiger partial charge in [0.2, 0.25) is 0 Å². The molecule has 1 aromatic carbocycles. The number of para-hydroxylation sites is 1. The summed E-state index contributed by atoms with van der Waals surface area (Å²) in [6, 6.07) is 5.88. The van der Waals surface area contributed by atoms with Crippen LogP contribution in [0.2, 0.25) is 0 Å². The molecule has 2 heterocycles. The van der Waals surface area contributed by atoms with Crippen LogP contribution in [0.1, 0.15) is 25.5 Å². The molecule has 0 amide bonds. The normalized spacial score (nSPS) is 21.4. The van der Waals surface area contributed by atoms with Gasteiger partial charge in [-0.25, -0.2) is 4.68 Å². The minimum atomic E-state index is 0.0518. The molecule has 0 aliphatic carbocycles. The smallest absolute Gasteiger partial charge is 0.150 e. The Labute approximate surface area is 94.0 Å².